The molecule has 0 aliphatic heterocycles. The average Bonchev–Trinajstić information content (AvgIpc) is 1.64. The van der Waals surface area contributed by atoms with Crippen LogP contribution in [-0.4, -0.2) is 0 Å². The van der Waals surface area contributed by atoms with Crippen molar-refractivity contribution >= 4 is 0 Å². The molecule has 9 heavy (non-hydrogen) atoms. The maximum Gasteiger partial charge on any atom is 1.00 e. The molecule has 0 atom stereocenters. The molecule has 0 radical (unpaired) electrons. The molecule has 0 N–H and O–H groups in total. The number of hydrogen-bond donors (Lipinski definition) is 0. The van der Waals surface area contributed by atoms with Crippen LogP contribution in [0.4, 0.5) is 0 Å². The Bertz CT molecular complexity index is 164. The van der Waals surface area contributed by atoms with E-state index in [2.05, 4.69) is 19.1 Å². The van der Waals surface area contributed by atoms with Crippen molar-refractivity contribution in [3.05, 3.63) is 35.4 Å². The normalized spacial score (nSPS) is 8.22. The standard InChI is InChI=1S/C8H9.Li/c1-7-4-3-5-8(2)6-7;/h3-4,6H,1-2H3;/q-1;+1. The molecule has 0 aliphatic carbocycles. The molecule has 0 aliphatic rings. The largest absolute Gasteiger partial charge is 1.00 e. The maximum absolute atomic E-state index is 3.07. The topological polar surface area (TPSA) is 0 Å². The fraction of sp³-hybridized carbons (Fsp3) is 0.250. The van der Waals surface area contributed by atoms with Gasteiger partial charge in [0.1, 0.15) is 0 Å². The van der Waals surface area contributed by atoms with Crippen molar-refractivity contribution in [2.45, 2.75) is 13.8 Å². The van der Waals surface area contributed by atoms with Gasteiger partial charge in [-0.25, -0.2) is 0 Å². The van der Waals surface area contributed by atoms with Gasteiger partial charge in [-0.05, 0) is 0 Å². The Hall–Kier alpha value is -0.183. The molecule has 0 unspecified atom stereocenters. The van der Waals surface area contributed by atoms with E-state index in [0.29, 0.717) is 0 Å². The second-order valence-electron chi connectivity index (χ2n) is 2.05. The van der Waals surface area contributed by atoms with E-state index in [-0.39, 0.29) is 18.9 Å². The molecule has 0 aromatic heterocycles. The van der Waals surface area contributed by atoms with Crippen LogP contribution in [-0.2, 0) is 0 Å². The van der Waals surface area contributed by atoms with Crippen molar-refractivity contribution in [1.82, 2.24) is 0 Å². The molecule has 0 saturated carbocycles. The number of rotatable bonds is 0. The van der Waals surface area contributed by atoms with Gasteiger partial charge in [-0.1, -0.05) is 13.8 Å². The van der Waals surface area contributed by atoms with Crippen molar-refractivity contribution in [3.63, 3.8) is 0 Å². The van der Waals surface area contributed by atoms with E-state index in [1.807, 2.05) is 19.1 Å². The SMILES string of the molecule is Cc1[c-]ccc(C)c1.[Li+]. The summed E-state index contributed by atoms with van der Waals surface area (Å²) in [5, 5.41) is 0. The minimum Gasteiger partial charge on any atom is -0.181 e. The van der Waals surface area contributed by atoms with Gasteiger partial charge in [-0.3, -0.25) is 0 Å². The summed E-state index contributed by atoms with van der Waals surface area (Å²) in [5.41, 5.74) is 2.52. The van der Waals surface area contributed by atoms with Crippen molar-refractivity contribution in [2.75, 3.05) is 0 Å². The molecule has 0 bridgehead atoms. The third kappa shape index (κ3) is 2.74. The van der Waals surface area contributed by atoms with Crippen LogP contribution in [0.1, 0.15) is 11.1 Å². The van der Waals surface area contributed by atoms with E-state index in [9.17, 15) is 0 Å². The molecule has 0 nitrogen and oxygen atoms in total. The van der Waals surface area contributed by atoms with Gasteiger partial charge in [0.15, 0.2) is 0 Å². The van der Waals surface area contributed by atoms with Gasteiger partial charge in [-0.2, -0.15) is 35.4 Å². The molecule has 0 fully saturated rings. The van der Waals surface area contributed by atoms with Gasteiger partial charge in [0.05, 0.1) is 0 Å². The van der Waals surface area contributed by atoms with Crippen LogP contribution in [0.2, 0.25) is 0 Å². The molecular weight excluding hydrogens is 103 g/mol. The second kappa shape index (κ2) is 3.77. The zero-order chi connectivity index (χ0) is 5.98. The van der Waals surface area contributed by atoms with Crippen LogP contribution >= 0.6 is 0 Å². The van der Waals surface area contributed by atoms with Crippen LogP contribution in [0.5, 0.6) is 0 Å². The fourth-order valence-corrected chi connectivity index (χ4v) is 0.736. The summed E-state index contributed by atoms with van der Waals surface area (Å²) < 4.78 is 0. The first kappa shape index (κ1) is 8.82. The molecule has 0 amide bonds. The van der Waals surface area contributed by atoms with E-state index in [1.165, 1.54) is 11.1 Å². The first-order valence-corrected chi connectivity index (χ1v) is 2.74. The molecule has 0 heterocycles. The van der Waals surface area contributed by atoms with Crippen LogP contribution < -0.4 is 18.9 Å². The maximum atomic E-state index is 3.07. The van der Waals surface area contributed by atoms with Crippen LogP contribution in [0.15, 0.2) is 18.2 Å². The minimum absolute atomic E-state index is 0. The van der Waals surface area contributed by atoms with Crippen molar-refractivity contribution in [1.29, 1.82) is 0 Å². The van der Waals surface area contributed by atoms with E-state index in [1.54, 1.807) is 0 Å². The summed E-state index contributed by atoms with van der Waals surface area (Å²) in [6.07, 6.45) is 0. The Morgan fingerprint density at radius 1 is 1.33 bits per heavy atom. The minimum atomic E-state index is 0. The van der Waals surface area contributed by atoms with Crippen LogP contribution in [0.3, 0.4) is 0 Å². The van der Waals surface area contributed by atoms with E-state index < -0.39 is 0 Å². The van der Waals surface area contributed by atoms with Gasteiger partial charge in [-0.15, -0.1) is 0 Å². The summed E-state index contributed by atoms with van der Waals surface area (Å²) in [5.74, 6) is 0. The molecule has 1 rings (SSSR count). The predicted molar refractivity (Wildman–Crippen MR) is 34.8 cm³/mol. The summed E-state index contributed by atoms with van der Waals surface area (Å²) in [4.78, 5) is 0. The smallest absolute Gasteiger partial charge is 0.181 e. The monoisotopic (exact) mass is 112 g/mol. The Labute approximate surface area is 68.5 Å². The van der Waals surface area contributed by atoms with Crippen LogP contribution in [0, 0.1) is 19.9 Å². The average molecular weight is 112 g/mol. The predicted octanol–water partition coefficient (Wildman–Crippen LogP) is -0.892. The van der Waals surface area contributed by atoms with E-state index in [0.717, 1.165) is 0 Å². The first-order valence-electron chi connectivity index (χ1n) is 2.74. The second-order valence-corrected chi connectivity index (χ2v) is 2.05. The summed E-state index contributed by atoms with van der Waals surface area (Å²) in [6, 6.07) is 9.18. The molecule has 1 aromatic carbocycles. The Morgan fingerprint density at radius 2 is 2.00 bits per heavy atom. The molecule has 1 heteroatoms. The Balaban J connectivity index is 0.000000640. The van der Waals surface area contributed by atoms with Gasteiger partial charge >= 0.3 is 18.9 Å². The van der Waals surface area contributed by atoms with Crippen molar-refractivity contribution in [2.24, 2.45) is 0 Å². The molecule has 0 spiro atoms. The van der Waals surface area contributed by atoms with Gasteiger partial charge in [0, 0.05) is 0 Å². The quantitative estimate of drug-likeness (QED) is 0.301. The number of hydrogen-bond acceptors (Lipinski definition) is 0. The van der Waals surface area contributed by atoms with Crippen molar-refractivity contribution < 1.29 is 18.9 Å². The van der Waals surface area contributed by atoms with E-state index in [4.69, 9.17) is 0 Å². The molecular formula is C8H9Li. The summed E-state index contributed by atoms with van der Waals surface area (Å²) in [7, 11) is 0. The fourth-order valence-electron chi connectivity index (χ4n) is 0.736. The first-order chi connectivity index (χ1) is 3.79. The molecule has 1 aromatic rings. The van der Waals surface area contributed by atoms with Gasteiger partial charge < -0.3 is 0 Å². The third-order valence-corrected chi connectivity index (χ3v) is 1.10. The Kier molecular flexibility index (Phi) is 3.69. The molecule has 42 valence electrons. The third-order valence-electron chi connectivity index (χ3n) is 1.10. The zero-order valence-electron chi connectivity index (χ0n) is 6.23. The summed E-state index contributed by atoms with van der Waals surface area (Å²) >= 11 is 0. The van der Waals surface area contributed by atoms with Crippen molar-refractivity contribution in [3.8, 4) is 0 Å². The summed E-state index contributed by atoms with van der Waals surface area (Å²) in [6.45, 7) is 4.13. The molecule has 0 saturated heterocycles. The van der Waals surface area contributed by atoms with E-state index >= 15 is 0 Å². The van der Waals surface area contributed by atoms with Gasteiger partial charge in [0.25, 0.3) is 0 Å². The number of benzene rings is 1. The van der Waals surface area contributed by atoms with Crippen LogP contribution in [0.25, 0.3) is 0 Å². The zero-order valence-corrected chi connectivity index (χ0v) is 6.23. The number of aryl methyl sites for hydroxylation is 2. The Morgan fingerprint density at radius 3 is 2.33 bits per heavy atom. The van der Waals surface area contributed by atoms with Gasteiger partial charge in [0.2, 0.25) is 0 Å².